The molecule has 1 amide bonds. The number of rotatable bonds is 4. The minimum atomic E-state index is 0.0312. The van der Waals surface area contributed by atoms with Crippen LogP contribution in [0.4, 0.5) is 5.69 Å². The number of tetrazole rings is 1. The molecule has 1 saturated heterocycles. The van der Waals surface area contributed by atoms with Crippen molar-refractivity contribution in [3.63, 3.8) is 0 Å². The minimum absolute atomic E-state index is 0.0312. The lowest BCUT2D eigenvalue weighted by molar-refractivity contribution is 0.0746. The minimum Gasteiger partial charge on any atom is -0.497 e. The van der Waals surface area contributed by atoms with Crippen molar-refractivity contribution >= 4 is 11.6 Å². The Labute approximate surface area is 163 Å². The topological polar surface area (TPSA) is 76.4 Å². The van der Waals surface area contributed by atoms with Crippen molar-refractivity contribution in [1.82, 2.24) is 25.1 Å². The van der Waals surface area contributed by atoms with Crippen LogP contribution in [0.1, 0.15) is 15.9 Å². The smallest absolute Gasteiger partial charge is 0.254 e. The van der Waals surface area contributed by atoms with Crippen molar-refractivity contribution in [2.45, 2.75) is 6.92 Å². The number of nitrogens with zero attached hydrogens (tertiary/aromatic N) is 6. The molecule has 8 heteroatoms. The third-order valence-corrected chi connectivity index (χ3v) is 5.06. The quantitative estimate of drug-likeness (QED) is 0.691. The summed E-state index contributed by atoms with van der Waals surface area (Å²) in [7, 11) is 1.66. The van der Waals surface area contributed by atoms with E-state index in [9.17, 15) is 4.79 Å². The van der Waals surface area contributed by atoms with Crippen LogP contribution < -0.4 is 9.64 Å². The van der Waals surface area contributed by atoms with Crippen LogP contribution in [0.25, 0.3) is 5.69 Å². The van der Waals surface area contributed by atoms with Crippen molar-refractivity contribution in [3.05, 3.63) is 59.9 Å². The number of carbonyl (C=O) groups is 1. The Morgan fingerprint density at radius 2 is 1.79 bits per heavy atom. The molecule has 28 heavy (non-hydrogen) atoms. The summed E-state index contributed by atoms with van der Waals surface area (Å²) in [5.74, 6) is 0.874. The van der Waals surface area contributed by atoms with Crippen LogP contribution in [0.2, 0.25) is 0 Å². The first-order chi connectivity index (χ1) is 13.7. The first-order valence-electron chi connectivity index (χ1n) is 9.18. The molecule has 0 bridgehead atoms. The molecule has 0 saturated carbocycles. The largest absolute Gasteiger partial charge is 0.497 e. The van der Waals surface area contributed by atoms with Gasteiger partial charge < -0.3 is 14.5 Å². The molecular formula is C20H22N6O2. The molecule has 1 aliphatic rings. The number of aryl methyl sites for hydroxylation is 1. The van der Waals surface area contributed by atoms with Crippen molar-refractivity contribution in [1.29, 1.82) is 0 Å². The molecule has 0 unspecified atom stereocenters. The molecule has 3 aromatic rings. The second-order valence-corrected chi connectivity index (χ2v) is 6.73. The van der Waals surface area contributed by atoms with Crippen molar-refractivity contribution in [3.8, 4) is 11.4 Å². The van der Waals surface area contributed by atoms with Gasteiger partial charge in [-0.05, 0) is 59.3 Å². The van der Waals surface area contributed by atoms with Crippen LogP contribution in [0.15, 0.2) is 48.8 Å². The van der Waals surface area contributed by atoms with Gasteiger partial charge in [-0.1, -0.05) is 6.07 Å². The summed E-state index contributed by atoms with van der Waals surface area (Å²) in [5.41, 5.74) is 3.61. The monoisotopic (exact) mass is 378 g/mol. The van der Waals surface area contributed by atoms with Gasteiger partial charge in [0.15, 0.2) is 0 Å². The van der Waals surface area contributed by atoms with E-state index in [0.717, 1.165) is 35.8 Å². The van der Waals surface area contributed by atoms with E-state index in [0.29, 0.717) is 18.7 Å². The lowest BCUT2D eigenvalue weighted by atomic mass is 10.1. The van der Waals surface area contributed by atoms with E-state index in [1.54, 1.807) is 11.8 Å². The number of benzene rings is 2. The number of aromatic nitrogens is 4. The molecule has 4 rings (SSSR count). The van der Waals surface area contributed by atoms with Gasteiger partial charge in [0, 0.05) is 37.4 Å². The zero-order chi connectivity index (χ0) is 19.5. The zero-order valence-electron chi connectivity index (χ0n) is 15.9. The number of hydrogen-bond donors (Lipinski definition) is 0. The van der Waals surface area contributed by atoms with Gasteiger partial charge in [0.1, 0.15) is 12.1 Å². The average molecular weight is 378 g/mol. The van der Waals surface area contributed by atoms with Crippen LogP contribution in [-0.4, -0.2) is 64.3 Å². The fraction of sp³-hybridized carbons (Fsp3) is 0.300. The van der Waals surface area contributed by atoms with E-state index in [1.165, 1.54) is 6.33 Å². The summed E-state index contributed by atoms with van der Waals surface area (Å²) >= 11 is 0. The first-order valence-corrected chi connectivity index (χ1v) is 9.18. The predicted molar refractivity (Wildman–Crippen MR) is 105 cm³/mol. The van der Waals surface area contributed by atoms with Crippen LogP contribution in [0.3, 0.4) is 0 Å². The van der Waals surface area contributed by atoms with Gasteiger partial charge in [-0.3, -0.25) is 4.79 Å². The standard InChI is InChI=1S/C20H22N6O2/c1-15-3-4-16(13-19(15)26-14-21-22-23-26)20(27)25-11-9-24(10-12-25)17-5-7-18(28-2)8-6-17/h3-8,13-14H,9-12H2,1-2H3. The lowest BCUT2D eigenvalue weighted by Crippen LogP contribution is -2.48. The van der Waals surface area contributed by atoms with Crippen LogP contribution in [0.5, 0.6) is 5.75 Å². The molecule has 0 radical (unpaired) electrons. The Bertz CT molecular complexity index is 947. The molecule has 8 nitrogen and oxygen atoms in total. The molecule has 1 aliphatic heterocycles. The van der Waals surface area contributed by atoms with E-state index in [2.05, 4.69) is 32.6 Å². The van der Waals surface area contributed by atoms with Crippen molar-refractivity contribution in [2.75, 3.05) is 38.2 Å². The van der Waals surface area contributed by atoms with Crippen LogP contribution in [0, 0.1) is 6.92 Å². The molecule has 1 aromatic heterocycles. The maximum Gasteiger partial charge on any atom is 0.254 e. The molecule has 2 aromatic carbocycles. The molecule has 1 fully saturated rings. The van der Waals surface area contributed by atoms with E-state index in [-0.39, 0.29) is 5.91 Å². The average Bonchev–Trinajstić information content (AvgIpc) is 3.28. The number of carbonyl (C=O) groups excluding carboxylic acids is 1. The lowest BCUT2D eigenvalue weighted by Gasteiger charge is -2.36. The van der Waals surface area contributed by atoms with Crippen molar-refractivity contribution < 1.29 is 9.53 Å². The molecule has 0 spiro atoms. The summed E-state index contributed by atoms with van der Waals surface area (Å²) < 4.78 is 6.79. The maximum atomic E-state index is 13.0. The summed E-state index contributed by atoms with van der Waals surface area (Å²) in [4.78, 5) is 17.2. The van der Waals surface area contributed by atoms with E-state index in [1.807, 2.05) is 42.2 Å². The highest BCUT2D eigenvalue weighted by Crippen LogP contribution is 2.22. The van der Waals surface area contributed by atoms with Gasteiger partial charge in [0.25, 0.3) is 5.91 Å². The highest BCUT2D eigenvalue weighted by molar-refractivity contribution is 5.95. The second-order valence-electron chi connectivity index (χ2n) is 6.73. The number of hydrogen-bond acceptors (Lipinski definition) is 6. The number of piperazine rings is 1. The number of anilines is 1. The van der Waals surface area contributed by atoms with Crippen LogP contribution >= 0.6 is 0 Å². The van der Waals surface area contributed by atoms with Crippen molar-refractivity contribution in [2.24, 2.45) is 0 Å². The Kier molecular flexibility index (Phi) is 4.92. The third kappa shape index (κ3) is 3.53. The molecular weight excluding hydrogens is 356 g/mol. The van der Waals surface area contributed by atoms with E-state index in [4.69, 9.17) is 4.74 Å². The van der Waals surface area contributed by atoms with Gasteiger partial charge in [-0.15, -0.1) is 5.10 Å². The van der Waals surface area contributed by atoms with E-state index < -0.39 is 0 Å². The summed E-state index contributed by atoms with van der Waals surface area (Å²) in [6, 6.07) is 13.7. The van der Waals surface area contributed by atoms with Gasteiger partial charge >= 0.3 is 0 Å². The number of ether oxygens (including phenoxy) is 1. The third-order valence-electron chi connectivity index (χ3n) is 5.06. The summed E-state index contributed by atoms with van der Waals surface area (Å²) in [6.45, 7) is 4.92. The normalized spacial score (nSPS) is 14.2. The second kappa shape index (κ2) is 7.67. The van der Waals surface area contributed by atoms with Gasteiger partial charge in [-0.2, -0.15) is 0 Å². The first kappa shape index (κ1) is 18.0. The zero-order valence-corrected chi connectivity index (χ0v) is 15.9. The Balaban J connectivity index is 1.44. The Morgan fingerprint density at radius 1 is 1.04 bits per heavy atom. The fourth-order valence-corrected chi connectivity index (χ4v) is 3.40. The Morgan fingerprint density at radius 3 is 2.43 bits per heavy atom. The number of amides is 1. The van der Waals surface area contributed by atoms with Gasteiger partial charge in [0.2, 0.25) is 0 Å². The maximum absolute atomic E-state index is 13.0. The highest BCUT2D eigenvalue weighted by atomic mass is 16.5. The highest BCUT2D eigenvalue weighted by Gasteiger charge is 2.23. The Hall–Kier alpha value is -3.42. The molecule has 2 heterocycles. The predicted octanol–water partition coefficient (Wildman–Crippen LogP) is 1.94. The summed E-state index contributed by atoms with van der Waals surface area (Å²) in [6.07, 6.45) is 1.53. The fourth-order valence-electron chi connectivity index (χ4n) is 3.40. The van der Waals surface area contributed by atoms with Gasteiger partial charge in [-0.25, -0.2) is 4.68 Å². The molecule has 0 aliphatic carbocycles. The van der Waals surface area contributed by atoms with Gasteiger partial charge in [0.05, 0.1) is 12.8 Å². The summed E-state index contributed by atoms with van der Waals surface area (Å²) in [5, 5.41) is 11.3. The SMILES string of the molecule is COc1ccc(N2CCN(C(=O)c3ccc(C)c(-n4cnnn4)c3)CC2)cc1. The molecule has 144 valence electrons. The molecule has 0 atom stereocenters. The number of methoxy groups -OCH3 is 1. The van der Waals surface area contributed by atoms with Crippen LogP contribution in [-0.2, 0) is 0 Å². The van der Waals surface area contributed by atoms with E-state index >= 15 is 0 Å². The molecule has 0 N–H and O–H groups in total.